The van der Waals surface area contributed by atoms with E-state index >= 15 is 0 Å². The molecule has 144 valence electrons. The van der Waals surface area contributed by atoms with E-state index < -0.39 is 0 Å². The molecule has 1 aromatic rings. The zero-order chi connectivity index (χ0) is 18.9. The van der Waals surface area contributed by atoms with E-state index in [9.17, 15) is 9.59 Å². The first-order valence-corrected chi connectivity index (χ1v) is 9.60. The van der Waals surface area contributed by atoms with E-state index in [4.69, 9.17) is 4.74 Å². The summed E-state index contributed by atoms with van der Waals surface area (Å²) in [7, 11) is 1.40. The minimum atomic E-state index is -0.361. The topological polar surface area (TPSA) is 67.4 Å². The molecule has 0 aliphatic carbocycles. The van der Waals surface area contributed by atoms with Gasteiger partial charge in [0.25, 0.3) is 0 Å². The lowest BCUT2D eigenvalue weighted by Crippen LogP contribution is -2.37. The highest BCUT2D eigenvalue weighted by molar-refractivity contribution is 5.78. The normalized spacial score (nSPS) is 17.3. The fourth-order valence-electron chi connectivity index (χ4n) is 3.71. The van der Waals surface area contributed by atoms with Gasteiger partial charge < -0.3 is 15.4 Å². The van der Waals surface area contributed by atoms with E-state index in [0.29, 0.717) is 31.2 Å². The molecule has 5 nitrogen and oxygen atoms in total. The molecule has 0 aromatic heterocycles. The second-order valence-electron chi connectivity index (χ2n) is 7.49. The van der Waals surface area contributed by atoms with Crippen LogP contribution in [0.2, 0.25) is 0 Å². The Kier molecular flexibility index (Phi) is 8.10. The Labute approximate surface area is 156 Å². The van der Waals surface area contributed by atoms with Crippen LogP contribution in [0.4, 0.5) is 0 Å². The van der Waals surface area contributed by atoms with Crippen molar-refractivity contribution < 1.29 is 14.3 Å². The van der Waals surface area contributed by atoms with Crippen LogP contribution >= 0.6 is 0 Å². The van der Waals surface area contributed by atoms with Gasteiger partial charge in [0.05, 0.1) is 13.0 Å². The van der Waals surface area contributed by atoms with Crippen molar-refractivity contribution in [3.63, 3.8) is 0 Å². The predicted octanol–water partition coefficient (Wildman–Crippen LogP) is 2.47. The first-order valence-electron chi connectivity index (χ1n) is 9.60. The molecule has 0 bridgehead atoms. The number of methoxy groups -OCH3 is 1. The summed E-state index contributed by atoms with van der Waals surface area (Å²) in [6.07, 6.45) is 3.35. The van der Waals surface area contributed by atoms with Gasteiger partial charge in [-0.15, -0.1) is 0 Å². The number of aryl methyl sites for hydroxylation is 1. The van der Waals surface area contributed by atoms with E-state index in [-0.39, 0.29) is 17.8 Å². The van der Waals surface area contributed by atoms with E-state index in [1.54, 1.807) is 0 Å². The van der Waals surface area contributed by atoms with Gasteiger partial charge >= 0.3 is 5.97 Å². The Morgan fingerprint density at radius 1 is 1.31 bits per heavy atom. The Bertz CT molecular complexity index is 597. The summed E-state index contributed by atoms with van der Waals surface area (Å²) in [4.78, 5) is 24.4. The summed E-state index contributed by atoms with van der Waals surface area (Å²) in [5.41, 5.74) is 2.24. The minimum Gasteiger partial charge on any atom is -0.469 e. The number of carbonyl (C=O) groups is 2. The lowest BCUT2D eigenvalue weighted by Gasteiger charge is -2.28. The lowest BCUT2D eigenvalue weighted by molar-refractivity contribution is -0.145. The van der Waals surface area contributed by atoms with Crippen molar-refractivity contribution in [2.24, 2.45) is 17.8 Å². The first-order chi connectivity index (χ1) is 12.5. The van der Waals surface area contributed by atoms with Crippen LogP contribution in [0.25, 0.3) is 0 Å². The SMILES string of the molecule is COC(=O)C(CNC(=O)CC(C)C1CCNCC1)Cc1cccc(C)c1. The number of amides is 1. The molecule has 1 saturated heterocycles. The van der Waals surface area contributed by atoms with Crippen LogP contribution in [-0.4, -0.2) is 38.6 Å². The van der Waals surface area contributed by atoms with Crippen LogP contribution in [0, 0.1) is 24.7 Å². The quantitative estimate of drug-likeness (QED) is 0.699. The standard InChI is InChI=1S/C21H32N2O3/c1-15-5-4-6-17(11-15)13-19(21(25)26-3)14-23-20(24)12-16(2)18-7-9-22-10-8-18/h4-6,11,16,18-19,22H,7-10,12-14H2,1-3H3,(H,23,24). The third kappa shape index (κ3) is 6.45. The maximum Gasteiger partial charge on any atom is 0.310 e. The van der Waals surface area contributed by atoms with Crippen LogP contribution in [0.15, 0.2) is 24.3 Å². The fourth-order valence-corrected chi connectivity index (χ4v) is 3.71. The molecule has 1 aromatic carbocycles. The van der Waals surface area contributed by atoms with Crippen molar-refractivity contribution in [1.82, 2.24) is 10.6 Å². The number of hydrogen-bond donors (Lipinski definition) is 2. The van der Waals surface area contributed by atoms with Crippen LogP contribution in [0.5, 0.6) is 0 Å². The van der Waals surface area contributed by atoms with E-state index in [0.717, 1.165) is 37.1 Å². The Hall–Kier alpha value is -1.88. The highest BCUT2D eigenvalue weighted by atomic mass is 16.5. The van der Waals surface area contributed by atoms with Crippen molar-refractivity contribution in [1.29, 1.82) is 0 Å². The third-order valence-corrected chi connectivity index (χ3v) is 5.34. The van der Waals surface area contributed by atoms with Gasteiger partial charge in [-0.1, -0.05) is 36.8 Å². The van der Waals surface area contributed by atoms with Crippen molar-refractivity contribution in [3.05, 3.63) is 35.4 Å². The Morgan fingerprint density at radius 2 is 2.04 bits per heavy atom. The smallest absolute Gasteiger partial charge is 0.310 e. The molecule has 0 saturated carbocycles. The number of esters is 1. The van der Waals surface area contributed by atoms with Gasteiger partial charge in [0.1, 0.15) is 0 Å². The second kappa shape index (κ2) is 10.3. The van der Waals surface area contributed by atoms with Gasteiger partial charge in [-0.2, -0.15) is 0 Å². The number of benzene rings is 1. The van der Waals surface area contributed by atoms with Crippen molar-refractivity contribution in [3.8, 4) is 0 Å². The molecule has 1 amide bonds. The highest BCUT2D eigenvalue weighted by Gasteiger charge is 2.24. The number of piperidine rings is 1. The van der Waals surface area contributed by atoms with Gasteiger partial charge in [0.15, 0.2) is 0 Å². The summed E-state index contributed by atoms with van der Waals surface area (Å²) in [6.45, 7) is 6.58. The van der Waals surface area contributed by atoms with Gasteiger partial charge in [0, 0.05) is 13.0 Å². The largest absolute Gasteiger partial charge is 0.469 e. The number of rotatable bonds is 8. The molecule has 2 N–H and O–H groups in total. The van der Waals surface area contributed by atoms with Gasteiger partial charge in [-0.25, -0.2) is 0 Å². The zero-order valence-electron chi connectivity index (χ0n) is 16.2. The van der Waals surface area contributed by atoms with Crippen molar-refractivity contribution in [2.45, 2.75) is 39.5 Å². The van der Waals surface area contributed by atoms with E-state index in [2.05, 4.69) is 23.6 Å². The van der Waals surface area contributed by atoms with Crippen molar-refractivity contribution in [2.75, 3.05) is 26.7 Å². The molecule has 1 fully saturated rings. The number of carbonyl (C=O) groups excluding carboxylic acids is 2. The average molecular weight is 360 g/mol. The first kappa shape index (κ1) is 20.4. The minimum absolute atomic E-state index is 0.0224. The summed E-state index contributed by atoms with van der Waals surface area (Å²) in [6, 6.07) is 8.08. The zero-order valence-corrected chi connectivity index (χ0v) is 16.2. The maximum absolute atomic E-state index is 12.3. The summed E-state index contributed by atoms with van der Waals surface area (Å²) in [5, 5.41) is 6.30. The molecule has 2 atom stereocenters. The molecular formula is C21H32N2O3. The Morgan fingerprint density at radius 3 is 2.69 bits per heavy atom. The number of ether oxygens (including phenoxy) is 1. The second-order valence-corrected chi connectivity index (χ2v) is 7.49. The van der Waals surface area contributed by atoms with E-state index in [1.807, 2.05) is 25.1 Å². The van der Waals surface area contributed by atoms with Gasteiger partial charge in [-0.05, 0) is 56.7 Å². The molecule has 1 aliphatic rings. The molecule has 2 rings (SSSR count). The molecule has 5 heteroatoms. The molecule has 1 heterocycles. The van der Waals surface area contributed by atoms with Crippen molar-refractivity contribution >= 4 is 11.9 Å². The van der Waals surface area contributed by atoms with Crippen LogP contribution < -0.4 is 10.6 Å². The third-order valence-electron chi connectivity index (χ3n) is 5.34. The monoisotopic (exact) mass is 360 g/mol. The van der Waals surface area contributed by atoms with Crippen LogP contribution in [-0.2, 0) is 20.7 Å². The summed E-state index contributed by atoms with van der Waals surface area (Å²) < 4.78 is 4.93. The predicted molar refractivity (Wildman–Crippen MR) is 103 cm³/mol. The van der Waals surface area contributed by atoms with E-state index in [1.165, 1.54) is 7.11 Å². The van der Waals surface area contributed by atoms with Crippen LogP contribution in [0.3, 0.4) is 0 Å². The molecule has 0 spiro atoms. The van der Waals surface area contributed by atoms with Gasteiger partial charge in [-0.3, -0.25) is 9.59 Å². The highest BCUT2D eigenvalue weighted by Crippen LogP contribution is 2.24. The Balaban J connectivity index is 1.85. The molecule has 1 aliphatic heterocycles. The fraction of sp³-hybridized carbons (Fsp3) is 0.619. The maximum atomic E-state index is 12.3. The molecular weight excluding hydrogens is 328 g/mol. The lowest BCUT2D eigenvalue weighted by atomic mass is 9.84. The molecule has 2 unspecified atom stereocenters. The number of hydrogen-bond acceptors (Lipinski definition) is 4. The van der Waals surface area contributed by atoms with Crippen LogP contribution in [0.1, 0.15) is 37.3 Å². The summed E-state index contributed by atoms with van der Waals surface area (Å²) >= 11 is 0. The number of nitrogens with one attached hydrogen (secondary N) is 2. The van der Waals surface area contributed by atoms with Gasteiger partial charge in [0.2, 0.25) is 5.91 Å². The average Bonchev–Trinajstić information content (AvgIpc) is 2.65. The molecule has 26 heavy (non-hydrogen) atoms. The summed E-state index contributed by atoms with van der Waals surface area (Å²) in [5.74, 6) is 0.350. The molecule has 0 radical (unpaired) electrons.